The van der Waals surface area contributed by atoms with Crippen molar-refractivity contribution in [3.05, 3.63) is 22.2 Å². The van der Waals surface area contributed by atoms with Crippen molar-refractivity contribution in [3.63, 3.8) is 0 Å². The van der Waals surface area contributed by atoms with Crippen LogP contribution in [-0.4, -0.2) is 55.3 Å². The van der Waals surface area contributed by atoms with Crippen LogP contribution in [0.5, 0.6) is 0 Å². The molecule has 2 heterocycles. The highest BCUT2D eigenvalue weighted by molar-refractivity contribution is 5.35. The highest BCUT2D eigenvalue weighted by Gasteiger charge is 2.47. The van der Waals surface area contributed by atoms with Crippen LogP contribution in [0.25, 0.3) is 0 Å². The van der Waals surface area contributed by atoms with Gasteiger partial charge in [-0.05, 0) is 13.8 Å². The van der Waals surface area contributed by atoms with E-state index >= 15 is 0 Å². The third kappa shape index (κ3) is 3.14. The number of aromatic nitrogens is 2. The molecular weight excluding hydrogens is 290 g/mol. The van der Waals surface area contributed by atoms with Crippen molar-refractivity contribution in [2.45, 2.75) is 31.8 Å². The maximum Gasteiger partial charge on any atom is 0.351 e. The molecule has 0 spiro atoms. The number of aryl methyl sites for hydroxylation is 1. The Bertz CT molecular complexity index is 576. The Hall–Kier alpha value is -1.48. The molecule has 2 rings (SSSR count). The van der Waals surface area contributed by atoms with E-state index in [-0.39, 0.29) is 11.9 Å². The molecule has 1 aliphatic heterocycles. The zero-order valence-electron chi connectivity index (χ0n) is 13.4. The van der Waals surface area contributed by atoms with Gasteiger partial charge in [-0.15, -0.1) is 0 Å². The molecule has 124 valence electrons. The van der Waals surface area contributed by atoms with Gasteiger partial charge < -0.3 is 24.7 Å². The summed E-state index contributed by atoms with van der Waals surface area (Å²) >= 11 is 0. The van der Waals surface area contributed by atoms with Crippen LogP contribution in [0, 0.1) is 6.92 Å². The second kappa shape index (κ2) is 6.74. The van der Waals surface area contributed by atoms with Crippen LogP contribution in [0.15, 0.2) is 11.0 Å². The number of nitrogen functional groups attached to an aromatic ring is 1. The predicted octanol–water partition coefficient (Wildman–Crippen LogP) is 0.0994. The van der Waals surface area contributed by atoms with Crippen molar-refractivity contribution < 1.29 is 18.9 Å². The van der Waals surface area contributed by atoms with Crippen molar-refractivity contribution >= 4 is 5.82 Å². The highest BCUT2D eigenvalue weighted by atomic mass is 16.6. The topological polar surface area (TPSA) is 97.8 Å². The van der Waals surface area contributed by atoms with E-state index in [2.05, 4.69) is 4.98 Å². The quantitative estimate of drug-likeness (QED) is 0.795. The van der Waals surface area contributed by atoms with Crippen molar-refractivity contribution in [1.82, 2.24) is 9.55 Å². The number of ether oxygens (including phenoxy) is 4. The normalized spacial score (nSPS) is 26.3. The van der Waals surface area contributed by atoms with Gasteiger partial charge in [0, 0.05) is 26.0 Å². The van der Waals surface area contributed by atoms with Crippen LogP contribution >= 0.6 is 0 Å². The summed E-state index contributed by atoms with van der Waals surface area (Å²) in [6.45, 7) is 4.60. The van der Waals surface area contributed by atoms with Crippen LogP contribution < -0.4 is 11.4 Å². The molecule has 0 amide bonds. The summed E-state index contributed by atoms with van der Waals surface area (Å²) in [5.41, 5.74) is 5.13. The molecule has 1 aliphatic rings. The van der Waals surface area contributed by atoms with Gasteiger partial charge in [-0.1, -0.05) is 0 Å². The molecule has 22 heavy (non-hydrogen) atoms. The summed E-state index contributed by atoms with van der Waals surface area (Å²) < 4.78 is 23.7. The molecule has 1 fully saturated rings. The third-order valence-electron chi connectivity index (χ3n) is 3.85. The van der Waals surface area contributed by atoms with Gasteiger partial charge in [0.1, 0.15) is 23.8 Å². The Labute approximate surface area is 129 Å². The summed E-state index contributed by atoms with van der Waals surface area (Å²) in [5, 5.41) is 0. The number of rotatable bonds is 6. The van der Waals surface area contributed by atoms with Crippen LogP contribution in [0.1, 0.15) is 18.7 Å². The third-order valence-corrected chi connectivity index (χ3v) is 3.85. The molecule has 8 heteroatoms. The minimum atomic E-state index is -0.766. The van der Waals surface area contributed by atoms with Crippen molar-refractivity contribution in [1.29, 1.82) is 0 Å². The minimum absolute atomic E-state index is 0.221. The molecule has 1 aromatic rings. The first-order valence-corrected chi connectivity index (χ1v) is 7.06. The molecule has 1 saturated heterocycles. The lowest BCUT2D eigenvalue weighted by Gasteiger charge is -2.35. The SMILES string of the molecule is COC[C@]1(OC(C)n2cc(C)c(N)nc2=O)COCC1OC. The van der Waals surface area contributed by atoms with Crippen molar-refractivity contribution in [2.75, 3.05) is 39.8 Å². The summed E-state index contributed by atoms with van der Waals surface area (Å²) in [7, 11) is 3.18. The largest absolute Gasteiger partial charge is 0.383 e. The Kier molecular flexibility index (Phi) is 5.17. The van der Waals surface area contributed by atoms with E-state index in [0.717, 1.165) is 0 Å². The van der Waals surface area contributed by atoms with Gasteiger partial charge in [-0.3, -0.25) is 4.57 Å². The van der Waals surface area contributed by atoms with Crippen LogP contribution in [-0.2, 0) is 18.9 Å². The Morgan fingerprint density at radius 2 is 2.32 bits per heavy atom. The molecule has 8 nitrogen and oxygen atoms in total. The van der Waals surface area contributed by atoms with Gasteiger partial charge in [0.25, 0.3) is 0 Å². The van der Waals surface area contributed by atoms with E-state index in [4.69, 9.17) is 24.7 Å². The zero-order chi connectivity index (χ0) is 16.3. The highest BCUT2D eigenvalue weighted by Crippen LogP contribution is 2.30. The predicted molar refractivity (Wildman–Crippen MR) is 79.7 cm³/mol. The second-order valence-electron chi connectivity index (χ2n) is 5.45. The maximum absolute atomic E-state index is 12.0. The van der Waals surface area contributed by atoms with Crippen molar-refractivity contribution in [2.24, 2.45) is 0 Å². The van der Waals surface area contributed by atoms with E-state index in [1.807, 2.05) is 0 Å². The molecule has 2 N–H and O–H groups in total. The van der Waals surface area contributed by atoms with Crippen molar-refractivity contribution in [3.8, 4) is 0 Å². The number of anilines is 1. The van der Waals surface area contributed by atoms with E-state index < -0.39 is 17.5 Å². The summed E-state index contributed by atoms with van der Waals surface area (Å²) in [4.78, 5) is 15.8. The summed E-state index contributed by atoms with van der Waals surface area (Å²) in [6.07, 6.45) is 0.801. The minimum Gasteiger partial charge on any atom is -0.383 e. The smallest absolute Gasteiger partial charge is 0.351 e. The fraction of sp³-hybridized carbons (Fsp3) is 0.714. The van der Waals surface area contributed by atoms with E-state index in [0.29, 0.717) is 25.4 Å². The van der Waals surface area contributed by atoms with Crippen LogP contribution in [0.2, 0.25) is 0 Å². The van der Waals surface area contributed by atoms with Gasteiger partial charge in [0.05, 0.1) is 19.8 Å². The first-order chi connectivity index (χ1) is 10.4. The fourth-order valence-electron chi connectivity index (χ4n) is 2.63. The van der Waals surface area contributed by atoms with Crippen LogP contribution in [0.3, 0.4) is 0 Å². The number of nitrogens with zero attached hydrogens (tertiary/aromatic N) is 2. The Morgan fingerprint density at radius 3 is 2.95 bits per heavy atom. The van der Waals surface area contributed by atoms with Gasteiger partial charge in [0.2, 0.25) is 0 Å². The van der Waals surface area contributed by atoms with Gasteiger partial charge in [-0.2, -0.15) is 4.98 Å². The average molecular weight is 313 g/mol. The lowest BCUT2D eigenvalue weighted by atomic mass is 10.0. The molecule has 3 atom stereocenters. The lowest BCUT2D eigenvalue weighted by Crippen LogP contribution is -2.50. The number of nitrogens with two attached hydrogens (primary N) is 1. The second-order valence-corrected chi connectivity index (χ2v) is 5.45. The van der Waals surface area contributed by atoms with E-state index in [1.165, 1.54) is 4.57 Å². The van der Waals surface area contributed by atoms with E-state index in [9.17, 15) is 4.79 Å². The molecular formula is C14H23N3O5. The number of hydrogen-bond donors (Lipinski definition) is 1. The first kappa shape index (κ1) is 16.9. The fourth-order valence-corrected chi connectivity index (χ4v) is 2.63. The molecule has 0 bridgehead atoms. The van der Waals surface area contributed by atoms with Gasteiger partial charge in [0.15, 0.2) is 0 Å². The Balaban J connectivity index is 2.27. The zero-order valence-corrected chi connectivity index (χ0v) is 13.4. The molecule has 0 radical (unpaired) electrons. The Morgan fingerprint density at radius 1 is 1.59 bits per heavy atom. The van der Waals surface area contributed by atoms with E-state index in [1.54, 1.807) is 34.3 Å². The summed E-state index contributed by atoms with van der Waals surface area (Å²) in [6, 6.07) is 0. The molecule has 0 aromatic carbocycles. The lowest BCUT2D eigenvalue weighted by molar-refractivity contribution is -0.185. The number of methoxy groups -OCH3 is 2. The standard InChI is InChI=1S/C14H23N3O5/c1-9-5-17(13(18)16-12(9)15)10(2)22-14(7-19-3)8-21-6-11(14)20-4/h5,10-11H,6-8H2,1-4H3,(H2,15,16,18)/t10?,11?,14-/m0/s1. The van der Waals surface area contributed by atoms with Gasteiger partial charge in [-0.25, -0.2) is 4.79 Å². The molecule has 0 aliphatic carbocycles. The van der Waals surface area contributed by atoms with Crippen LogP contribution in [0.4, 0.5) is 5.82 Å². The monoisotopic (exact) mass is 313 g/mol. The average Bonchev–Trinajstić information content (AvgIpc) is 2.85. The maximum atomic E-state index is 12.0. The molecule has 0 saturated carbocycles. The number of hydrogen-bond acceptors (Lipinski definition) is 7. The van der Waals surface area contributed by atoms with Gasteiger partial charge >= 0.3 is 5.69 Å². The molecule has 1 aromatic heterocycles. The summed E-state index contributed by atoms with van der Waals surface area (Å²) in [5.74, 6) is 0.221. The first-order valence-electron chi connectivity index (χ1n) is 7.06. The molecule has 2 unspecified atom stereocenters.